The molecular formula is C17H17F4N7O2. The summed E-state index contributed by atoms with van der Waals surface area (Å²) in [6.45, 7) is 2.94. The molecule has 0 amide bonds. The predicted molar refractivity (Wildman–Crippen MR) is 94.9 cm³/mol. The fourth-order valence-electron chi connectivity index (χ4n) is 2.81. The number of aromatic nitrogens is 6. The average Bonchev–Trinajstić information content (AvgIpc) is 3.27. The normalized spacial score (nSPS) is 13.8. The summed E-state index contributed by atoms with van der Waals surface area (Å²) in [5.41, 5.74) is 0. The standard InChI is InChI=1S/C15H16FN7.C2HF3O2/c16-12-8-17-15(18-9-12)22-6-3-7-23-13(19-20-14(23)11-22)10-21-4-1-2-5-21;3-2(4,5)1(6)7/h1-2,4-5,8-9H,3,6-7,10-11H2;(H,6,7). The maximum Gasteiger partial charge on any atom is 0.490 e. The van der Waals surface area contributed by atoms with Crippen molar-refractivity contribution in [1.29, 1.82) is 0 Å². The van der Waals surface area contributed by atoms with Crippen LogP contribution in [0.25, 0.3) is 0 Å². The van der Waals surface area contributed by atoms with Crippen molar-refractivity contribution in [3.63, 3.8) is 0 Å². The Morgan fingerprint density at radius 2 is 1.73 bits per heavy atom. The Hall–Kier alpha value is -3.51. The van der Waals surface area contributed by atoms with E-state index in [1.54, 1.807) is 0 Å². The zero-order valence-corrected chi connectivity index (χ0v) is 15.5. The van der Waals surface area contributed by atoms with Gasteiger partial charge in [0.25, 0.3) is 0 Å². The maximum absolute atomic E-state index is 13.0. The molecule has 13 heteroatoms. The maximum atomic E-state index is 13.0. The van der Waals surface area contributed by atoms with E-state index in [0.29, 0.717) is 19.0 Å². The molecule has 3 aromatic rings. The lowest BCUT2D eigenvalue weighted by Gasteiger charge is -2.18. The van der Waals surface area contributed by atoms with Gasteiger partial charge < -0.3 is 19.1 Å². The van der Waals surface area contributed by atoms with Crippen molar-refractivity contribution < 1.29 is 27.5 Å². The number of anilines is 1. The van der Waals surface area contributed by atoms with Gasteiger partial charge in [-0.15, -0.1) is 10.2 Å². The van der Waals surface area contributed by atoms with Crippen LogP contribution in [0.1, 0.15) is 18.1 Å². The van der Waals surface area contributed by atoms with E-state index in [4.69, 9.17) is 9.90 Å². The molecule has 0 radical (unpaired) electrons. The summed E-state index contributed by atoms with van der Waals surface area (Å²) >= 11 is 0. The second-order valence-corrected chi connectivity index (χ2v) is 6.32. The lowest BCUT2D eigenvalue weighted by atomic mass is 10.4. The number of hydrogen-bond donors (Lipinski definition) is 1. The van der Waals surface area contributed by atoms with Crippen LogP contribution < -0.4 is 4.90 Å². The van der Waals surface area contributed by atoms with Crippen molar-refractivity contribution in [3.8, 4) is 0 Å². The predicted octanol–water partition coefficient (Wildman–Crippen LogP) is 2.10. The first kappa shape index (κ1) is 21.2. The molecule has 0 spiro atoms. The van der Waals surface area contributed by atoms with E-state index in [-0.39, 0.29) is 0 Å². The number of halogens is 4. The molecule has 0 fully saturated rings. The van der Waals surface area contributed by atoms with E-state index < -0.39 is 18.0 Å². The number of rotatable bonds is 3. The van der Waals surface area contributed by atoms with Crippen LogP contribution >= 0.6 is 0 Å². The molecule has 4 heterocycles. The second-order valence-electron chi connectivity index (χ2n) is 6.32. The van der Waals surface area contributed by atoms with Crippen molar-refractivity contribution in [1.82, 2.24) is 29.3 Å². The van der Waals surface area contributed by atoms with E-state index in [2.05, 4.69) is 29.3 Å². The van der Waals surface area contributed by atoms with Gasteiger partial charge in [-0.3, -0.25) is 0 Å². The first-order valence-electron chi connectivity index (χ1n) is 8.78. The van der Waals surface area contributed by atoms with E-state index in [9.17, 15) is 17.6 Å². The number of carboxylic acids is 1. The number of alkyl halides is 3. The molecule has 30 heavy (non-hydrogen) atoms. The highest BCUT2D eigenvalue weighted by atomic mass is 19.4. The molecule has 0 unspecified atom stereocenters. The Kier molecular flexibility index (Phi) is 6.28. The lowest BCUT2D eigenvalue weighted by molar-refractivity contribution is -0.192. The van der Waals surface area contributed by atoms with Crippen LogP contribution in [-0.2, 0) is 24.4 Å². The van der Waals surface area contributed by atoms with Crippen molar-refractivity contribution in [2.24, 2.45) is 0 Å². The molecule has 1 aliphatic heterocycles. The van der Waals surface area contributed by atoms with E-state index in [1.807, 2.05) is 29.4 Å². The average molecular weight is 427 g/mol. The Bertz CT molecular complexity index is 971. The van der Waals surface area contributed by atoms with Crippen LogP contribution in [0.4, 0.5) is 23.5 Å². The summed E-state index contributed by atoms with van der Waals surface area (Å²) in [7, 11) is 0. The van der Waals surface area contributed by atoms with Gasteiger partial charge in [-0.05, 0) is 18.6 Å². The molecular weight excluding hydrogens is 410 g/mol. The van der Waals surface area contributed by atoms with Gasteiger partial charge in [0.1, 0.15) is 0 Å². The molecule has 0 saturated heterocycles. The summed E-state index contributed by atoms with van der Waals surface area (Å²) in [5, 5.41) is 15.8. The number of hydrogen-bond acceptors (Lipinski definition) is 6. The smallest absolute Gasteiger partial charge is 0.475 e. The summed E-state index contributed by atoms with van der Waals surface area (Å²) in [4.78, 5) is 19.0. The van der Waals surface area contributed by atoms with Crippen LogP contribution in [0.5, 0.6) is 0 Å². The van der Waals surface area contributed by atoms with Gasteiger partial charge in [0.05, 0.1) is 25.5 Å². The van der Waals surface area contributed by atoms with Gasteiger partial charge in [0.2, 0.25) is 5.95 Å². The van der Waals surface area contributed by atoms with Gasteiger partial charge in [-0.1, -0.05) is 0 Å². The van der Waals surface area contributed by atoms with Crippen LogP contribution in [0.2, 0.25) is 0 Å². The first-order valence-corrected chi connectivity index (χ1v) is 8.78. The lowest BCUT2D eigenvalue weighted by Crippen LogP contribution is -2.25. The third-order valence-electron chi connectivity index (χ3n) is 4.17. The Morgan fingerprint density at radius 3 is 2.33 bits per heavy atom. The van der Waals surface area contributed by atoms with Crippen LogP contribution in [0, 0.1) is 5.82 Å². The monoisotopic (exact) mass is 427 g/mol. The highest BCUT2D eigenvalue weighted by Gasteiger charge is 2.38. The summed E-state index contributed by atoms with van der Waals surface area (Å²) in [6, 6.07) is 3.99. The molecule has 1 N–H and O–H groups in total. The fourth-order valence-corrected chi connectivity index (χ4v) is 2.81. The molecule has 3 aromatic heterocycles. The quantitative estimate of drug-likeness (QED) is 0.639. The van der Waals surface area contributed by atoms with Gasteiger partial charge in [0, 0.05) is 25.5 Å². The molecule has 160 valence electrons. The summed E-state index contributed by atoms with van der Waals surface area (Å²) in [5.74, 6) is -0.835. The number of nitrogens with zero attached hydrogens (tertiary/aromatic N) is 7. The highest BCUT2D eigenvalue weighted by molar-refractivity contribution is 5.73. The molecule has 0 aromatic carbocycles. The van der Waals surface area contributed by atoms with Crippen LogP contribution in [-0.4, -0.2) is 53.1 Å². The van der Waals surface area contributed by atoms with Crippen molar-refractivity contribution >= 4 is 11.9 Å². The van der Waals surface area contributed by atoms with Gasteiger partial charge >= 0.3 is 12.1 Å². The molecule has 4 rings (SSSR count). The minimum absolute atomic E-state index is 0.430. The molecule has 0 saturated carbocycles. The molecule has 9 nitrogen and oxygen atoms in total. The third kappa shape index (κ3) is 5.30. The Labute approximate surface area is 167 Å². The molecule has 0 atom stereocenters. The molecule has 0 bridgehead atoms. The zero-order valence-electron chi connectivity index (χ0n) is 15.5. The van der Waals surface area contributed by atoms with Crippen LogP contribution in [0.3, 0.4) is 0 Å². The Morgan fingerprint density at radius 1 is 1.10 bits per heavy atom. The fraction of sp³-hybridized carbons (Fsp3) is 0.353. The van der Waals surface area contributed by atoms with Crippen molar-refractivity contribution in [2.75, 3.05) is 11.4 Å². The number of carbonyl (C=O) groups is 1. The Balaban J connectivity index is 0.000000318. The largest absolute Gasteiger partial charge is 0.490 e. The van der Waals surface area contributed by atoms with Crippen molar-refractivity contribution in [3.05, 3.63) is 54.4 Å². The van der Waals surface area contributed by atoms with Gasteiger partial charge in [0.15, 0.2) is 17.5 Å². The van der Waals surface area contributed by atoms with E-state index in [1.165, 1.54) is 12.4 Å². The minimum Gasteiger partial charge on any atom is -0.475 e. The van der Waals surface area contributed by atoms with Gasteiger partial charge in [-0.2, -0.15) is 13.2 Å². The van der Waals surface area contributed by atoms with Gasteiger partial charge in [-0.25, -0.2) is 19.2 Å². The van der Waals surface area contributed by atoms with Crippen LogP contribution in [0.15, 0.2) is 36.9 Å². The zero-order chi connectivity index (χ0) is 21.7. The minimum atomic E-state index is -5.08. The number of aliphatic carboxylic acids is 1. The molecule has 1 aliphatic rings. The number of fused-ring (bicyclic) bond motifs is 1. The van der Waals surface area contributed by atoms with E-state index >= 15 is 0 Å². The number of carboxylic acid groups (broad SMARTS) is 1. The van der Waals surface area contributed by atoms with E-state index in [0.717, 1.165) is 31.2 Å². The summed E-state index contributed by atoms with van der Waals surface area (Å²) in [6.07, 6.45) is 2.25. The van der Waals surface area contributed by atoms with Crippen molar-refractivity contribution in [2.45, 2.75) is 32.2 Å². The first-order chi connectivity index (χ1) is 14.2. The topological polar surface area (TPSA) is 102 Å². The SMILES string of the molecule is Fc1cnc(N2CCCn3c(nnc3Cn3cccc3)C2)nc1.O=C(O)C(F)(F)F. The highest BCUT2D eigenvalue weighted by Crippen LogP contribution is 2.17. The molecule has 0 aliphatic carbocycles. The summed E-state index contributed by atoms with van der Waals surface area (Å²) < 4.78 is 48.9. The second kappa shape index (κ2) is 8.88. The third-order valence-corrected chi connectivity index (χ3v) is 4.17.